The minimum atomic E-state index is -0.509. The van der Waals surface area contributed by atoms with Crippen LogP contribution in [-0.2, 0) is 14.3 Å². The summed E-state index contributed by atoms with van der Waals surface area (Å²) in [6, 6.07) is 3.95. The molecule has 4 rings (SSSR count). The molecule has 0 spiro atoms. The number of ether oxygens (including phenoxy) is 2. The number of piperazine rings is 1. The second-order valence-corrected chi connectivity index (χ2v) is 10.6. The van der Waals surface area contributed by atoms with E-state index in [0.29, 0.717) is 64.7 Å². The second-order valence-electron chi connectivity index (χ2n) is 10.6. The number of carbonyl (C=O) groups is 3. The molecule has 35 heavy (non-hydrogen) atoms. The molecule has 0 aliphatic carbocycles. The molecule has 3 saturated heterocycles. The number of rotatable bonds is 4. The number of aromatic nitrogens is 1. The van der Waals surface area contributed by atoms with E-state index >= 15 is 0 Å². The van der Waals surface area contributed by atoms with Crippen LogP contribution in [0.25, 0.3) is 0 Å². The van der Waals surface area contributed by atoms with Crippen LogP contribution in [0, 0.1) is 0 Å². The van der Waals surface area contributed by atoms with Crippen molar-refractivity contribution in [2.75, 3.05) is 72.1 Å². The fourth-order valence-electron chi connectivity index (χ4n) is 4.92. The highest BCUT2D eigenvalue weighted by molar-refractivity contribution is 5.93. The highest BCUT2D eigenvalue weighted by Gasteiger charge is 2.31. The van der Waals surface area contributed by atoms with Crippen LogP contribution >= 0.6 is 0 Å². The van der Waals surface area contributed by atoms with Crippen molar-refractivity contribution in [2.24, 2.45) is 0 Å². The lowest BCUT2D eigenvalue weighted by Crippen LogP contribution is -2.53. The third-order valence-corrected chi connectivity index (χ3v) is 6.89. The molecule has 10 heteroatoms. The van der Waals surface area contributed by atoms with Crippen LogP contribution in [0.5, 0.6) is 0 Å². The molecule has 0 atom stereocenters. The normalized spacial score (nSPS) is 20.7. The Labute approximate surface area is 207 Å². The van der Waals surface area contributed by atoms with Crippen molar-refractivity contribution < 1.29 is 23.9 Å². The maximum absolute atomic E-state index is 13.3. The van der Waals surface area contributed by atoms with Gasteiger partial charge in [0, 0.05) is 64.6 Å². The molecule has 3 aliphatic rings. The summed E-state index contributed by atoms with van der Waals surface area (Å²) in [7, 11) is 0. The van der Waals surface area contributed by atoms with Crippen LogP contribution in [0.2, 0.25) is 0 Å². The number of hydrogen-bond acceptors (Lipinski definition) is 6. The van der Waals surface area contributed by atoms with Crippen LogP contribution < -0.4 is 0 Å². The Bertz CT molecular complexity index is 888. The summed E-state index contributed by atoms with van der Waals surface area (Å²) in [6.07, 6.45) is 3.24. The topological polar surface area (TPSA) is 87.6 Å². The molecule has 4 heterocycles. The van der Waals surface area contributed by atoms with Gasteiger partial charge >= 0.3 is 6.09 Å². The van der Waals surface area contributed by atoms with Crippen LogP contribution in [0.3, 0.4) is 0 Å². The maximum atomic E-state index is 13.3. The molecule has 0 radical (unpaired) electrons. The van der Waals surface area contributed by atoms with Crippen molar-refractivity contribution in [3.63, 3.8) is 0 Å². The van der Waals surface area contributed by atoms with Crippen molar-refractivity contribution in [3.05, 3.63) is 24.0 Å². The average Bonchev–Trinajstić information content (AvgIpc) is 3.33. The zero-order chi connectivity index (χ0) is 25.0. The number of nitrogens with zero attached hydrogens (tertiary/aromatic N) is 5. The van der Waals surface area contributed by atoms with Gasteiger partial charge in [-0.3, -0.25) is 14.5 Å². The molecule has 3 fully saturated rings. The minimum absolute atomic E-state index is 0.00449. The lowest BCUT2D eigenvalue weighted by atomic mass is 10.0. The number of likely N-dealkylation sites (tertiary alicyclic amines) is 1. The Morgan fingerprint density at radius 1 is 0.914 bits per heavy atom. The third-order valence-electron chi connectivity index (χ3n) is 6.89. The zero-order valence-electron chi connectivity index (χ0n) is 21.3. The first kappa shape index (κ1) is 25.5. The van der Waals surface area contributed by atoms with E-state index in [9.17, 15) is 14.4 Å². The van der Waals surface area contributed by atoms with E-state index in [-0.39, 0.29) is 23.9 Å². The van der Waals surface area contributed by atoms with Gasteiger partial charge in [0.2, 0.25) is 5.91 Å². The first-order chi connectivity index (χ1) is 16.7. The van der Waals surface area contributed by atoms with E-state index in [2.05, 4.69) is 9.47 Å². The van der Waals surface area contributed by atoms with Crippen LogP contribution in [0.1, 0.15) is 50.1 Å². The van der Waals surface area contributed by atoms with Crippen molar-refractivity contribution in [3.8, 4) is 0 Å². The summed E-state index contributed by atoms with van der Waals surface area (Å²) in [5, 5.41) is 0. The SMILES string of the molecule is CC(C)(C)OC(=O)N1CCC(n2cccc2C(=O)N2CCN(C(=O)CN3CCOCC3)CC2)CC1. The monoisotopic (exact) mass is 489 g/mol. The number of piperidine rings is 1. The van der Waals surface area contributed by atoms with Crippen molar-refractivity contribution in [1.82, 2.24) is 24.2 Å². The summed E-state index contributed by atoms with van der Waals surface area (Å²) in [4.78, 5) is 46.0. The van der Waals surface area contributed by atoms with Crippen LogP contribution in [0.15, 0.2) is 18.3 Å². The summed E-state index contributed by atoms with van der Waals surface area (Å²) in [5.74, 6) is 0.129. The quantitative estimate of drug-likeness (QED) is 0.640. The molecule has 3 amide bonds. The maximum Gasteiger partial charge on any atom is 0.410 e. The van der Waals surface area contributed by atoms with Gasteiger partial charge in [-0.05, 0) is 45.7 Å². The lowest BCUT2D eigenvalue weighted by molar-refractivity contribution is -0.134. The number of hydrogen-bond donors (Lipinski definition) is 0. The van der Waals surface area contributed by atoms with E-state index < -0.39 is 5.60 Å². The zero-order valence-corrected chi connectivity index (χ0v) is 21.3. The minimum Gasteiger partial charge on any atom is -0.444 e. The average molecular weight is 490 g/mol. The van der Waals surface area contributed by atoms with Gasteiger partial charge in [-0.25, -0.2) is 4.79 Å². The Balaban J connectivity index is 1.28. The van der Waals surface area contributed by atoms with Gasteiger partial charge in [0.25, 0.3) is 5.91 Å². The molecule has 1 aromatic rings. The summed E-state index contributed by atoms with van der Waals surface area (Å²) in [5.41, 5.74) is 0.166. The largest absolute Gasteiger partial charge is 0.444 e. The van der Waals surface area contributed by atoms with Crippen LogP contribution in [-0.4, -0.2) is 120 Å². The number of carbonyl (C=O) groups excluding carboxylic acids is 3. The van der Waals surface area contributed by atoms with Gasteiger partial charge in [-0.2, -0.15) is 0 Å². The van der Waals surface area contributed by atoms with Gasteiger partial charge in [0.1, 0.15) is 11.3 Å². The second kappa shape index (κ2) is 11.0. The molecule has 3 aliphatic heterocycles. The molecule has 0 saturated carbocycles. The molecule has 0 N–H and O–H groups in total. The predicted molar refractivity (Wildman–Crippen MR) is 130 cm³/mol. The highest BCUT2D eigenvalue weighted by atomic mass is 16.6. The Morgan fingerprint density at radius 2 is 1.54 bits per heavy atom. The molecule has 10 nitrogen and oxygen atoms in total. The van der Waals surface area contributed by atoms with Gasteiger partial charge in [0.05, 0.1) is 19.8 Å². The molecular formula is C25H39N5O5. The summed E-state index contributed by atoms with van der Waals surface area (Å²) >= 11 is 0. The van der Waals surface area contributed by atoms with Crippen molar-refractivity contribution >= 4 is 17.9 Å². The lowest BCUT2D eigenvalue weighted by Gasteiger charge is -2.37. The van der Waals surface area contributed by atoms with Gasteiger partial charge < -0.3 is 28.7 Å². The summed E-state index contributed by atoms with van der Waals surface area (Å²) < 4.78 is 12.9. The molecular weight excluding hydrogens is 450 g/mol. The third kappa shape index (κ3) is 6.55. The standard InChI is InChI=1S/C25H39N5O5/c1-25(2,3)35-24(33)29-9-6-20(7-10-29)30-8-4-5-21(30)23(32)28-13-11-27(12-14-28)22(31)19-26-15-17-34-18-16-26/h4-5,8,20H,6-7,9-19H2,1-3H3. The molecule has 0 unspecified atom stereocenters. The Morgan fingerprint density at radius 3 is 2.17 bits per heavy atom. The molecule has 194 valence electrons. The first-order valence-corrected chi connectivity index (χ1v) is 12.7. The Hall–Kier alpha value is -2.59. The van der Waals surface area contributed by atoms with E-state index in [1.54, 1.807) is 4.90 Å². The number of morpholine rings is 1. The fourth-order valence-corrected chi connectivity index (χ4v) is 4.92. The first-order valence-electron chi connectivity index (χ1n) is 12.7. The highest BCUT2D eigenvalue weighted by Crippen LogP contribution is 2.26. The molecule has 0 bridgehead atoms. The van der Waals surface area contributed by atoms with Gasteiger partial charge in [0.15, 0.2) is 0 Å². The van der Waals surface area contributed by atoms with Crippen LogP contribution in [0.4, 0.5) is 4.79 Å². The van der Waals surface area contributed by atoms with E-state index in [1.165, 1.54) is 0 Å². The van der Waals surface area contributed by atoms with Gasteiger partial charge in [-0.1, -0.05) is 0 Å². The number of amides is 3. The van der Waals surface area contributed by atoms with Crippen molar-refractivity contribution in [2.45, 2.75) is 45.3 Å². The fraction of sp³-hybridized carbons (Fsp3) is 0.720. The molecule has 0 aromatic carbocycles. The molecule has 1 aromatic heterocycles. The van der Waals surface area contributed by atoms with E-state index in [0.717, 1.165) is 25.9 Å². The van der Waals surface area contributed by atoms with E-state index in [4.69, 9.17) is 9.47 Å². The van der Waals surface area contributed by atoms with Crippen molar-refractivity contribution in [1.29, 1.82) is 0 Å². The smallest absolute Gasteiger partial charge is 0.410 e. The summed E-state index contributed by atoms with van der Waals surface area (Å²) in [6.45, 7) is 12.4. The Kier molecular flexibility index (Phi) is 8.01. The van der Waals surface area contributed by atoms with E-state index in [1.807, 2.05) is 48.9 Å². The predicted octanol–water partition coefficient (Wildman–Crippen LogP) is 1.68. The van der Waals surface area contributed by atoms with Gasteiger partial charge in [-0.15, -0.1) is 0 Å².